The molecule has 2 heterocycles. The summed E-state index contributed by atoms with van der Waals surface area (Å²) in [6.07, 6.45) is 0. The molecule has 6 heteroatoms. The monoisotopic (exact) mass is 319 g/mol. The Kier molecular flexibility index (Phi) is 3.53. The molecule has 1 aromatic carbocycles. The summed E-state index contributed by atoms with van der Waals surface area (Å²) < 4.78 is 15.4. The normalized spacial score (nSPS) is 11.5. The first-order chi connectivity index (χ1) is 10.4. The summed E-state index contributed by atoms with van der Waals surface area (Å²) in [5.41, 5.74) is 2.67. The van der Waals surface area contributed by atoms with Crippen LogP contribution in [0.25, 0.3) is 16.9 Å². The van der Waals surface area contributed by atoms with Crippen LogP contribution in [0, 0.1) is 12.7 Å². The molecule has 1 N–H and O–H groups in total. The topological polar surface area (TPSA) is 50.4 Å². The van der Waals surface area contributed by atoms with E-state index in [4.69, 9.17) is 11.6 Å². The Morgan fingerprint density at radius 2 is 2.00 bits per heavy atom. The van der Waals surface area contributed by atoms with Gasteiger partial charge in [0.05, 0.1) is 5.69 Å². The number of fused-ring (bicyclic) bond motifs is 1. The van der Waals surface area contributed by atoms with Crippen molar-refractivity contribution >= 4 is 17.2 Å². The van der Waals surface area contributed by atoms with Gasteiger partial charge in [0.15, 0.2) is 5.65 Å². The Labute approximate surface area is 132 Å². The highest BCUT2D eigenvalue weighted by molar-refractivity contribution is 6.30. The van der Waals surface area contributed by atoms with Crippen molar-refractivity contribution in [3.63, 3.8) is 0 Å². The second-order valence-electron chi connectivity index (χ2n) is 5.51. The van der Waals surface area contributed by atoms with Crippen molar-refractivity contribution in [2.45, 2.75) is 26.7 Å². The van der Waals surface area contributed by atoms with E-state index < -0.39 is 5.82 Å². The van der Waals surface area contributed by atoms with Gasteiger partial charge in [0.25, 0.3) is 0 Å². The molecule has 0 aliphatic carbocycles. The predicted molar refractivity (Wildman–Crippen MR) is 83.9 cm³/mol. The number of hydrogen-bond donors (Lipinski definition) is 1. The van der Waals surface area contributed by atoms with Crippen LogP contribution in [0.3, 0.4) is 0 Å². The molecule has 0 atom stereocenters. The molecular formula is C16H15ClFN3O. The molecule has 0 saturated heterocycles. The molecule has 4 nitrogen and oxygen atoms in total. The molecule has 0 aliphatic rings. The maximum Gasteiger partial charge on any atom is 0.219 e. The summed E-state index contributed by atoms with van der Waals surface area (Å²) in [7, 11) is 0. The number of halogens is 2. The van der Waals surface area contributed by atoms with Gasteiger partial charge in [-0.2, -0.15) is 9.61 Å². The fraction of sp³-hybridized carbons (Fsp3) is 0.250. The first-order valence-electron chi connectivity index (χ1n) is 6.93. The van der Waals surface area contributed by atoms with E-state index in [1.165, 1.54) is 10.6 Å². The van der Waals surface area contributed by atoms with E-state index in [-0.39, 0.29) is 11.8 Å². The fourth-order valence-corrected chi connectivity index (χ4v) is 2.78. The van der Waals surface area contributed by atoms with Gasteiger partial charge in [-0.25, -0.2) is 9.37 Å². The second kappa shape index (κ2) is 5.25. The average molecular weight is 320 g/mol. The summed E-state index contributed by atoms with van der Waals surface area (Å²) in [5.74, 6) is -0.314. The Hall–Kier alpha value is -2.14. The SMILES string of the molecule is Cc1nc2cc(-c3ccc(Cl)cc3F)nn2c(O)c1C(C)C. The van der Waals surface area contributed by atoms with Gasteiger partial charge >= 0.3 is 0 Å². The first kappa shape index (κ1) is 14.8. The first-order valence-corrected chi connectivity index (χ1v) is 7.31. The standard InChI is InChI=1S/C16H15ClFN3O/c1-8(2)15-9(3)19-14-7-13(20-21(14)16(15)22)11-5-4-10(17)6-12(11)18/h4-8,22H,1-3H3. The summed E-state index contributed by atoms with van der Waals surface area (Å²) in [6.45, 7) is 5.78. The highest BCUT2D eigenvalue weighted by Crippen LogP contribution is 2.31. The molecule has 0 unspecified atom stereocenters. The van der Waals surface area contributed by atoms with E-state index in [1.54, 1.807) is 18.2 Å². The predicted octanol–water partition coefficient (Wildman–Crippen LogP) is 4.33. The molecule has 0 bridgehead atoms. The minimum atomic E-state index is -0.462. The second-order valence-corrected chi connectivity index (χ2v) is 5.95. The van der Waals surface area contributed by atoms with E-state index in [9.17, 15) is 9.50 Å². The maximum absolute atomic E-state index is 14.0. The fourth-order valence-electron chi connectivity index (χ4n) is 2.62. The van der Waals surface area contributed by atoms with Crippen molar-refractivity contribution in [1.82, 2.24) is 14.6 Å². The van der Waals surface area contributed by atoms with Crippen molar-refractivity contribution in [3.8, 4) is 17.1 Å². The number of nitrogens with zero attached hydrogens (tertiary/aromatic N) is 3. The van der Waals surface area contributed by atoms with E-state index >= 15 is 0 Å². The Bertz CT molecular complexity index is 873. The van der Waals surface area contributed by atoms with Gasteiger partial charge in [-0.1, -0.05) is 25.4 Å². The van der Waals surface area contributed by atoms with Crippen LogP contribution in [0.15, 0.2) is 24.3 Å². The van der Waals surface area contributed by atoms with E-state index in [0.717, 1.165) is 11.3 Å². The van der Waals surface area contributed by atoms with Gasteiger partial charge in [-0.15, -0.1) is 0 Å². The van der Waals surface area contributed by atoms with E-state index in [0.29, 0.717) is 21.9 Å². The number of benzene rings is 1. The summed E-state index contributed by atoms with van der Waals surface area (Å²) in [6, 6.07) is 6.04. The van der Waals surface area contributed by atoms with E-state index in [1.807, 2.05) is 20.8 Å². The molecule has 0 radical (unpaired) electrons. The van der Waals surface area contributed by atoms with Crippen LogP contribution >= 0.6 is 11.6 Å². The molecular weight excluding hydrogens is 305 g/mol. The zero-order valence-electron chi connectivity index (χ0n) is 12.4. The van der Waals surface area contributed by atoms with Gasteiger partial charge in [-0.3, -0.25) is 0 Å². The Balaban J connectivity index is 2.24. The Morgan fingerprint density at radius 3 is 2.64 bits per heavy atom. The highest BCUT2D eigenvalue weighted by Gasteiger charge is 2.18. The zero-order chi connectivity index (χ0) is 16.0. The van der Waals surface area contributed by atoms with Gasteiger partial charge in [0.2, 0.25) is 5.88 Å². The molecule has 3 aromatic rings. The third-order valence-electron chi connectivity index (χ3n) is 3.59. The van der Waals surface area contributed by atoms with E-state index in [2.05, 4.69) is 10.1 Å². The van der Waals surface area contributed by atoms with Gasteiger partial charge in [0, 0.05) is 27.9 Å². The molecule has 2 aromatic heterocycles. The third kappa shape index (κ3) is 2.31. The van der Waals surface area contributed by atoms with Gasteiger partial charge in [-0.05, 0) is 31.0 Å². The number of aryl methyl sites for hydroxylation is 1. The van der Waals surface area contributed by atoms with Crippen LogP contribution in [0.4, 0.5) is 4.39 Å². The molecule has 114 valence electrons. The van der Waals surface area contributed by atoms with Crippen molar-refractivity contribution in [2.24, 2.45) is 0 Å². The molecule has 0 saturated carbocycles. The minimum Gasteiger partial charge on any atom is -0.493 e. The third-order valence-corrected chi connectivity index (χ3v) is 3.82. The number of aromatic nitrogens is 3. The maximum atomic E-state index is 14.0. The molecule has 0 spiro atoms. The molecule has 3 rings (SSSR count). The van der Waals surface area contributed by atoms with Crippen LogP contribution in [-0.2, 0) is 0 Å². The number of rotatable bonds is 2. The lowest BCUT2D eigenvalue weighted by atomic mass is 10.0. The van der Waals surface area contributed by atoms with Crippen molar-refractivity contribution in [3.05, 3.63) is 46.4 Å². The Morgan fingerprint density at radius 1 is 1.27 bits per heavy atom. The van der Waals surface area contributed by atoms with Crippen LogP contribution < -0.4 is 0 Å². The van der Waals surface area contributed by atoms with Crippen LogP contribution in [0.5, 0.6) is 5.88 Å². The lowest BCUT2D eigenvalue weighted by Gasteiger charge is -2.11. The summed E-state index contributed by atoms with van der Waals surface area (Å²) in [4.78, 5) is 4.44. The molecule has 0 aliphatic heterocycles. The zero-order valence-corrected chi connectivity index (χ0v) is 13.2. The van der Waals surface area contributed by atoms with Crippen molar-refractivity contribution in [2.75, 3.05) is 0 Å². The summed E-state index contributed by atoms with van der Waals surface area (Å²) in [5, 5.41) is 15.0. The quantitative estimate of drug-likeness (QED) is 0.765. The average Bonchev–Trinajstić information content (AvgIpc) is 2.81. The van der Waals surface area contributed by atoms with Crippen LogP contribution in [-0.4, -0.2) is 19.7 Å². The number of hydrogen-bond acceptors (Lipinski definition) is 3. The minimum absolute atomic E-state index is 0.0399. The van der Waals surface area contributed by atoms with Crippen LogP contribution in [0.2, 0.25) is 5.02 Å². The molecule has 0 fully saturated rings. The van der Waals surface area contributed by atoms with Gasteiger partial charge < -0.3 is 5.11 Å². The molecule has 0 amide bonds. The smallest absolute Gasteiger partial charge is 0.219 e. The van der Waals surface area contributed by atoms with Crippen molar-refractivity contribution < 1.29 is 9.50 Å². The highest BCUT2D eigenvalue weighted by atomic mass is 35.5. The summed E-state index contributed by atoms with van der Waals surface area (Å²) >= 11 is 5.77. The van der Waals surface area contributed by atoms with Gasteiger partial charge in [0.1, 0.15) is 5.82 Å². The lowest BCUT2D eigenvalue weighted by molar-refractivity contribution is 0.423. The van der Waals surface area contributed by atoms with Crippen LogP contribution in [0.1, 0.15) is 31.0 Å². The largest absolute Gasteiger partial charge is 0.493 e. The molecule has 22 heavy (non-hydrogen) atoms. The van der Waals surface area contributed by atoms with Crippen molar-refractivity contribution in [1.29, 1.82) is 0 Å². The number of aromatic hydroxyl groups is 1. The lowest BCUT2D eigenvalue weighted by Crippen LogP contribution is -2.02.